The average Bonchev–Trinajstić information content (AvgIpc) is 2.95. The van der Waals surface area contributed by atoms with Crippen LogP contribution in [0.15, 0.2) is 0 Å². The largest absolute Gasteiger partial charge is 0.381 e. The van der Waals surface area contributed by atoms with E-state index in [0.717, 1.165) is 6.42 Å². The molecular formula is C13H20N2O4. The lowest BCUT2D eigenvalue weighted by Gasteiger charge is -2.32. The fraction of sp³-hybridized carbons (Fsp3) is 0.846. The number of carbonyl (C=O) groups excluding carboxylic acids is 1. The number of methoxy groups -OCH3 is 1. The van der Waals surface area contributed by atoms with Crippen molar-refractivity contribution in [1.82, 2.24) is 5.32 Å². The summed E-state index contributed by atoms with van der Waals surface area (Å²) < 4.78 is 16.0. The van der Waals surface area contributed by atoms with Crippen LogP contribution in [0, 0.1) is 16.7 Å². The third-order valence-electron chi connectivity index (χ3n) is 4.07. The van der Waals surface area contributed by atoms with E-state index in [9.17, 15) is 10.1 Å². The van der Waals surface area contributed by atoms with E-state index in [1.165, 1.54) is 0 Å². The zero-order chi connectivity index (χ0) is 13.8. The lowest BCUT2D eigenvalue weighted by molar-refractivity contribution is -0.134. The van der Waals surface area contributed by atoms with Crippen molar-refractivity contribution < 1.29 is 19.0 Å². The molecule has 2 aliphatic heterocycles. The van der Waals surface area contributed by atoms with Gasteiger partial charge in [0.1, 0.15) is 11.0 Å². The molecule has 0 saturated carbocycles. The summed E-state index contributed by atoms with van der Waals surface area (Å²) in [7, 11) is 1.62. The van der Waals surface area contributed by atoms with Gasteiger partial charge in [-0.25, -0.2) is 0 Å². The Morgan fingerprint density at radius 2 is 2.00 bits per heavy atom. The molecule has 1 N–H and O–H groups in total. The molecule has 2 heterocycles. The first-order chi connectivity index (χ1) is 9.16. The number of carbonyl (C=O) groups is 1. The van der Waals surface area contributed by atoms with Crippen molar-refractivity contribution in [1.29, 1.82) is 5.26 Å². The van der Waals surface area contributed by atoms with Gasteiger partial charge in [-0.2, -0.15) is 5.26 Å². The Labute approximate surface area is 113 Å². The average molecular weight is 268 g/mol. The predicted molar refractivity (Wildman–Crippen MR) is 66.3 cm³/mol. The van der Waals surface area contributed by atoms with Crippen molar-refractivity contribution in [2.45, 2.75) is 24.9 Å². The molecule has 1 atom stereocenters. The van der Waals surface area contributed by atoms with Gasteiger partial charge in [0.05, 0.1) is 12.7 Å². The first-order valence-corrected chi connectivity index (χ1v) is 6.57. The highest BCUT2D eigenvalue weighted by molar-refractivity contribution is 5.85. The Morgan fingerprint density at radius 1 is 1.32 bits per heavy atom. The molecule has 0 radical (unpaired) electrons. The maximum Gasteiger partial charge on any atom is 0.240 e. The molecule has 2 rings (SSSR count). The maximum atomic E-state index is 12.3. The van der Waals surface area contributed by atoms with Crippen LogP contribution in [0.5, 0.6) is 0 Å². The van der Waals surface area contributed by atoms with Gasteiger partial charge < -0.3 is 19.5 Å². The van der Waals surface area contributed by atoms with Crippen LogP contribution in [0.1, 0.15) is 19.3 Å². The second-order valence-electron chi connectivity index (χ2n) is 5.18. The fourth-order valence-corrected chi connectivity index (χ4v) is 2.48. The standard InChI is InChI=1S/C13H20N2O4/c1-17-13(4-7-19-10-13)9-15-11(16)12(8-14)2-5-18-6-3-12/h2-7,9-10H2,1H3,(H,15,16). The van der Waals surface area contributed by atoms with Crippen molar-refractivity contribution in [2.24, 2.45) is 5.41 Å². The number of hydrogen-bond acceptors (Lipinski definition) is 5. The van der Waals surface area contributed by atoms with Gasteiger partial charge in [-0.3, -0.25) is 4.79 Å². The van der Waals surface area contributed by atoms with Crippen LogP contribution in [0.4, 0.5) is 0 Å². The van der Waals surface area contributed by atoms with Gasteiger partial charge in [0.25, 0.3) is 0 Å². The number of ether oxygens (including phenoxy) is 3. The Bertz CT molecular complexity index is 365. The Balaban J connectivity index is 1.94. The van der Waals surface area contributed by atoms with Crippen molar-refractivity contribution in [3.63, 3.8) is 0 Å². The molecule has 2 fully saturated rings. The fourth-order valence-electron chi connectivity index (χ4n) is 2.48. The second kappa shape index (κ2) is 5.87. The normalized spacial score (nSPS) is 29.7. The van der Waals surface area contributed by atoms with Crippen molar-refractivity contribution in [3.8, 4) is 6.07 Å². The molecule has 0 aromatic heterocycles. The lowest BCUT2D eigenvalue weighted by Crippen LogP contribution is -2.50. The lowest BCUT2D eigenvalue weighted by atomic mass is 9.80. The number of amides is 1. The minimum absolute atomic E-state index is 0.221. The molecule has 2 aliphatic rings. The maximum absolute atomic E-state index is 12.3. The molecule has 0 bridgehead atoms. The number of nitrogens with one attached hydrogen (secondary N) is 1. The highest BCUT2D eigenvalue weighted by atomic mass is 16.5. The van der Waals surface area contributed by atoms with E-state index in [4.69, 9.17) is 14.2 Å². The molecule has 1 unspecified atom stereocenters. The van der Waals surface area contributed by atoms with E-state index in [1.807, 2.05) is 0 Å². The molecule has 0 aliphatic carbocycles. The summed E-state index contributed by atoms with van der Waals surface area (Å²) in [6.45, 7) is 2.42. The number of nitriles is 1. The Morgan fingerprint density at radius 3 is 2.53 bits per heavy atom. The van der Waals surface area contributed by atoms with E-state index in [0.29, 0.717) is 45.8 Å². The molecule has 6 nitrogen and oxygen atoms in total. The van der Waals surface area contributed by atoms with Crippen LogP contribution in [0.25, 0.3) is 0 Å². The van der Waals surface area contributed by atoms with Gasteiger partial charge in [0.2, 0.25) is 5.91 Å². The van der Waals surface area contributed by atoms with Gasteiger partial charge in [-0.1, -0.05) is 0 Å². The van der Waals surface area contributed by atoms with Crippen LogP contribution < -0.4 is 5.32 Å². The Kier molecular flexibility index (Phi) is 4.40. The molecule has 0 aromatic carbocycles. The van der Waals surface area contributed by atoms with Crippen molar-refractivity contribution in [3.05, 3.63) is 0 Å². The number of nitrogens with zero attached hydrogens (tertiary/aromatic N) is 1. The van der Waals surface area contributed by atoms with Gasteiger partial charge in [-0.05, 0) is 12.8 Å². The van der Waals surface area contributed by atoms with Crippen LogP contribution in [-0.4, -0.2) is 51.6 Å². The molecule has 106 valence electrons. The third-order valence-corrected chi connectivity index (χ3v) is 4.07. The summed E-state index contributed by atoms with van der Waals surface area (Å²) in [6, 6.07) is 2.16. The zero-order valence-electron chi connectivity index (χ0n) is 11.2. The van der Waals surface area contributed by atoms with E-state index in [-0.39, 0.29) is 5.91 Å². The topological polar surface area (TPSA) is 80.6 Å². The summed E-state index contributed by atoms with van der Waals surface area (Å²) in [5.74, 6) is -0.221. The third kappa shape index (κ3) is 2.89. The summed E-state index contributed by atoms with van der Waals surface area (Å²) in [6.07, 6.45) is 1.66. The quantitative estimate of drug-likeness (QED) is 0.789. The van der Waals surface area contributed by atoms with E-state index >= 15 is 0 Å². The molecular weight excluding hydrogens is 248 g/mol. The first kappa shape index (κ1) is 14.3. The highest BCUT2D eigenvalue weighted by Gasteiger charge is 2.42. The monoisotopic (exact) mass is 268 g/mol. The molecule has 0 spiro atoms. The zero-order valence-corrected chi connectivity index (χ0v) is 11.2. The summed E-state index contributed by atoms with van der Waals surface area (Å²) in [5.41, 5.74) is -1.40. The summed E-state index contributed by atoms with van der Waals surface area (Å²) in [4.78, 5) is 12.3. The summed E-state index contributed by atoms with van der Waals surface area (Å²) >= 11 is 0. The van der Waals surface area contributed by atoms with Crippen LogP contribution >= 0.6 is 0 Å². The highest BCUT2D eigenvalue weighted by Crippen LogP contribution is 2.30. The van der Waals surface area contributed by atoms with Crippen molar-refractivity contribution in [2.75, 3.05) is 40.1 Å². The van der Waals surface area contributed by atoms with Crippen LogP contribution in [0.3, 0.4) is 0 Å². The van der Waals surface area contributed by atoms with E-state index in [2.05, 4.69) is 11.4 Å². The van der Waals surface area contributed by atoms with E-state index < -0.39 is 11.0 Å². The first-order valence-electron chi connectivity index (χ1n) is 6.57. The van der Waals surface area contributed by atoms with Gasteiger partial charge in [-0.15, -0.1) is 0 Å². The van der Waals surface area contributed by atoms with Gasteiger partial charge in [0.15, 0.2) is 0 Å². The molecule has 1 amide bonds. The SMILES string of the molecule is COC1(CNC(=O)C2(C#N)CCOCC2)CCOC1. The number of rotatable bonds is 4. The van der Waals surface area contributed by atoms with Gasteiger partial charge in [0, 0.05) is 39.9 Å². The minimum Gasteiger partial charge on any atom is -0.381 e. The molecule has 0 aromatic rings. The Hall–Kier alpha value is -1.16. The number of hydrogen-bond donors (Lipinski definition) is 1. The second-order valence-corrected chi connectivity index (χ2v) is 5.18. The predicted octanol–water partition coefficient (Wildman–Crippen LogP) is 0.228. The van der Waals surface area contributed by atoms with Gasteiger partial charge >= 0.3 is 0 Å². The summed E-state index contributed by atoms with van der Waals surface area (Å²) in [5, 5.41) is 12.2. The molecule has 19 heavy (non-hydrogen) atoms. The molecule has 6 heteroatoms. The van der Waals surface area contributed by atoms with Crippen LogP contribution in [-0.2, 0) is 19.0 Å². The minimum atomic E-state index is -0.952. The van der Waals surface area contributed by atoms with Crippen LogP contribution in [0.2, 0.25) is 0 Å². The molecule has 2 saturated heterocycles. The van der Waals surface area contributed by atoms with Crippen molar-refractivity contribution >= 4 is 5.91 Å². The van der Waals surface area contributed by atoms with E-state index in [1.54, 1.807) is 7.11 Å². The smallest absolute Gasteiger partial charge is 0.240 e.